The summed E-state index contributed by atoms with van der Waals surface area (Å²) in [5, 5.41) is 20.7. The molecule has 1 saturated heterocycles. The summed E-state index contributed by atoms with van der Waals surface area (Å²) in [6.07, 6.45) is -1.69. The zero-order valence-electron chi connectivity index (χ0n) is 15.9. The van der Waals surface area contributed by atoms with Crippen molar-refractivity contribution in [2.24, 2.45) is 11.7 Å². The third kappa shape index (κ3) is 3.78. The Labute approximate surface area is 161 Å². The van der Waals surface area contributed by atoms with Crippen molar-refractivity contribution < 1.29 is 29.2 Å². The second-order valence-corrected chi connectivity index (χ2v) is 6.88. The highest BCUT2D eigenvalue weighted by Crippen LogP contribution is 2.32. The van der Waals surface area contributed by atoms with E-state index < -0.39 is 36.6 Å². The summed E-state index contributed by atoms with van der Waals surface area (Å²) in [6.45, 7) is 5.60. The molecule has 0 aliphatic carbocycles. The SMILES string of the molecule is CCOc1ncnc2c1ncn2[C@@H]1O[C@H](COC(=O)[C@@H](N)C(C)C)[C@@H](O)[C@H]1O. The van der Waals surface area contributed by atoms with Crippen LogP contribution in [0.15, 0.2) is 12.7 Å². The smallest absolute Gasteiger partial charge is 0.323 e. The number of nitrogens with two attached hydrogens (primary N) is 1. The number of imidazole rings is 1. The van der Waals surface area contributed by atoms with Gasteiger partial charge >= 0.3 is 5.97 Å². The molecule has 1 aliphatic heterocycles. The molecule has 11 heteroatoms. The first kappa shape index (κ1) is 20.4. The van der Waals surface area contributed by atoms with Crippen LogP contribution in [0.1, 0.15) is 27.0 Å². The summed E-state index contributed by atoms with van der Waals surface area (Å²) in [5.74, 6) is -0.366. The fourth-order valence-corrected chi connectivity index (χ4v) is 2.89. The van der Waals surface area contributed by atoms with Crippen LogP contribution in [0.3, 0.4) is 0 Å². The largest absolute Gasteiger partial charge is 0.476 e. The number of hydrogen-bond acceptors (Lipinski definition) is 10. The van der Waals surface area contributed by atoms with Crippen molar-refractivity contribution in [3.63, 3.8) is 0 Å². The van der Waals surface area contributed by atoms with Gasteiger partial charge < -0.3 is 30.2 Å². The van der Waals surface area contributed by atoms with Crippen LogP contribution in [0.4, 0.5) is 0 Å². The highest BCUT2D eigenvalue weighted by atomic mass is 16.6. The number of fused-ring (bicyclic) bond motifs is 1. The minimum absolute atomic E-state index is 0.0863. The van der Waals surface area contributed by atoms with Crippen LogP contribution in [0.2, 0.25) is 0 Å². The highest BCUT2D eigenvalue weighted by Gasteiger charge is 2.45. The Balaban J connectivity index is 1.75. The van der Waals surface area contributed by atoms with E-state index in [2.05, 4.69) is 15.0 Å². The van der Waals surface area contributed by atoms with Gasteiger partial charge in [0.15, 0.2) is 17.4 Å². The van der Waals surface area contributed by atoms with Gasteiger partial charge in [-0.1, -0.05) is 13.8 Å². The molecular weight excluding hydrogens is 370 g/mol. The van der Waals surface area contributed by atoms with Gasteiger partial charge in [0.25, 0.3) is 0 Å². The Morgan fingerprint density at radius 2 is 2.07 bits per heavy atom. The van der Waals surface area contributed by atoms with Gasteiger partial charge in [-0.2, -0.15) is 4.98 Å². The number of rotatable bonds is 7. The molecule has 1 aliphatic rings. The molecule has 0 unspecified atom stereocenters. The predicted molar refractivity (Wildman–Crippen MR) is 96.2 cm³/mol. The molecule has 0 amide bonds. The van der Waals surface area contributed by atoms with Gasteiger partial charge in [-0.25, -0.2) is 9.97 Å². The molecular formula is C17H25N5O6. The van der Waals surface area contributed by atoms with Gasteiger partial charge in [-0.05, 0) is 12.8 Å². The van der Waals surface area contributed by atoms with Crippen LogP contribution in [-0.4, -0.2) is 73.3 Å². The van der Waals surface area contributed by atoms with Crippen LogP contribution in [0.5, 0.6) is 5.88 Å². The van der Waals surface area contributed by atoms with E-state index in [-0.39, 0.29) is 12.5 Å². The number of hydrogen-bond donors (Lipinski definition) is 3. The fourth-order valence-electron chi connectivity index (χ4n) is 2.89. The Bertz CT molecular complexity index is 827. The Morgan fingerprint density at radius 3 is 2.75 bits per heavy atom. The lowest BCUT2D eigenvalue weighted by molar-refractivity contribution is -0.152. The molecule has 28 heavy (non-hydrogen) atoms. The molecule has 0 spiro atoms. The number of aliphatic hydroxyl groups is 2. The summed E-state index contributed by atoms with van der Waals surface area (Å²) in [5.41, 5.74) is 6.54. The molecule has 0 radical (unpaired) electrons. The predicted octanol–water partition coefficient (Wildman–Crippen LogP) is -0.629. The summed E-state index contributed by atoms with van der Waals surface area (Å²) < 4.78 is 17.8. The minimum Gasteiger partial charge on any atom is -0.476 e. The number of nitrogens with zero attached hydrogens (tertiary/aromatic N) is 4. The number of carbonyl (C=O) groups excluding carboxylic acids is 1. The van der Waals surface area contributed by atoms with Crippen LogP contribution in [0.25, 0.3) is 11.2 Å². The summed E-state index contributed by atoms with van der Waals surface area (Å²) in [4.78, 5) is 24.3. The molecule has 4 N–H and O–H groups in total. The Hall–Kier alpha value is -2.34. The molecule has 11 nitrogen and oxygen atoms in total. The van der Waals surface area contributed by atoms with Gasteiger partial charge in [0, 0.05) is 0 Å². The molecule has 2 aromatic rings. The molecule has 154 valence electrons. The van der Waals surface area contributed by atoms with E-state index in [1.165, 1.54) is 17.2 Å². The molecule has 3 rings (SSSR count). The molecule has 0 bridgehead atoms. The zero-order chi connectivity index (χ0) is 20.4. The van der Waals surface area contributed by atoms with Crippen molar-refractivity contribution in [1.82, 2.24) is 19.5 Å². The topological polar surface area (TPSA) is 155 Å². The third-order valence-corrected chi connectivity index (χ3v) is 4.60. The van der Waals surface area contributed by atoms with Crippen LogP contribution in [-0.2, 0) is 14.3 Å². The lowest BCUT2D eigenvalue weighted by Crippen LogP contribution is -2.40. The normalized spacial score (nSPS) is 26.0. The van der Waals surface area contributed by atoms with E-state index in [0.717, 1.165) is 0 Å². The van der Waals surface area contributed by atoms with E-state index in [1.54, 1.807) is 13.8 Å². The molecule has 5 atom stereocenters. The number of aromatic nitrogens is 4. The van der Waals surface area contributed by atoms with E-state index in [9.17, 15) is 15.0 Å². The van der Waals surface area contributed by atoms with Crippen molar-refractivity contribution in [3.05, 3.63) is 12.7 Å². The van der Waals surface area contributed by atoms with Gasteiger partial charge in [0.2, 0.25) is 5.88 Å². The van der Waals surface area contributed by atoms with Gasteiger partial charge in [0.05, 0.1) is 12.9 Å². The van der Waals surface area contributed by atoms with Crippen molar-refractivity contribution in [2.75, 3.05) is 13.2 Å². The maximum atomic E-state index is 11.9. The monoisotopic (exact) mass is 395 g/mol. The lowest BCUT2D eigenvalue weighted by atomic mass is 10.1. The number of carbonyl (C=O) groups is 1. The number of aliphatic hydroxyl groups excluding tert-OH is 2. The second kappa shape index (κ2) is 8.35. The first-order valence-corrected chi connectivity index (χ1v) is 9.09. The van der Waals surface area contributed by atoms with Crippen molar-refractivity contribution in [1.29, 1.82) is 0 Å². The molecule has 1 fully saturated rings. The summed E-state index contributed by atoms with van der Waals surface area (Å²) in [7, 11) is 0. The van der Waals surface area contributed by atoms with Gasteiger partial charge in [-0.15, -0.1) is 0 Å². The first-order valence-electron chi connectivity index (χ1n) is 9.09. The number of esters is 1. The average Bonchev–Trinajstić information content (AvgIpc) is 3.22. The van der Waals surface area contributed by atoms with E-state index in [1.807, 2.05) is 6.92 Å². The maximum Gasteiger partial charge on any atom is 0.323 e. The molecule has 0 saturated carbocycles. The van der Waals surface area contributed by atoms with E-state index >= 15 is 0 Å². The molecule has 0 aromatic carbocycles. The third-order valence-electron chi connectivity index (χ3n) is 4.60. The number of ether oxygens (including phenoxy) is 3. The minimum atomic E-state index is -1.27. The Kier molecular flexibility index (Phi) is 6.08. The van der Waals surface area contributed by atoms with E-state index in [0.29, 0.717) is 23.7 Å². The summed E-state index contributed by atoms with van der Waals surface area (Å²) >= 11 is 0. The first-order chi connectivity index (χ1) is 13.3. The molecule has 3 heterocycles. The maximum absolute atomic E-state index is 11.9. The highest BCUT2D eigenvalue weighted by molar-refractivity contribution is 5.76. The standard InChI is InChI=1S/C17H25N5O6/c1-4-26-15-11-14(19-6-20-15)22(7-21-11)16-13(24)12(23)9(28-16)5-27-17(25)10(18)8(2)3/h6-10,12-13,16,23-24H,4-5,18H2,1-3H3/t9-,10+,12-,13-,16-/m1/s1. The van der Waals surface area contributed by atoms with Crippen LogP contribution < -0.4 is 10.5 Å². The van der Waals surface area contributed by atoms with Crippen molar-refractivity contribution in [2.45, 2.75) is 51.4 Å². The van der Waals surface area contributed by atoms with Crippen LogP contribution in [0, 0.1) is 5.92 Å². The average molecular weight is 395 g/mol. The second-order valence-electron chi connectivity index (χ2n) is 6.88. The van der Waals surface area contributed by atoms with E-state index in [4.69, 9.17) is 19.9 Å². The quantitative estimate of drug-likeness (QED) is 0.516. The van der Waals surface area contributed by atoms with Gasteiger partial charge in [0.1, 0.15) is 37.3 Å². The van der Waals surface area contributed by atoms with Crippen molar-refractivity contribution in [3.8, 4) is 5.88 Å². The zero-order valence-corrected chi connectivity index (χ0v) is 15.9. The van der Waals surface area contributed by atoms with Crippen molar-refractivity contribution >= 4 is 17.1 Å². The lowest BCUT2D eigenvalue weighted by Gasteiger charge is -2.18. The van der Waals surface area contributed by atoms with Gasteiger partial charge in [-0.3, -0.25) is 9.36 Å². The molecule has 2 aromatic heterocycles. The summed E-state index contributed by atoms with van der Waals surface area (Å²) in [6, 6.07) is -0.773. The Morgan fingerprint density at radius 1 is 1.32 bits per heavy atom. The van der Waals surface area contributed by atoms with Crippen LogP contribution >= 0.6 is 0 Å². The fraction of sp³-hybridized carbons (Fsp3) is 0.647.